The van der Waals surface area contributed by atoms with Gasteiger partial charge >= 0.3 is 0 Å². The van der Waals surface area contributed by atoms with Crippen LogP contribution in [0.25, 0.3) is 0 Å². The first-order valence-electron chi connectivity index (χ1n) is 9.96. The SMILES string of the molecule is C[C@H](NC(=O)CCc1nnc(C(=O)Nc2ccccc2)s1)c1ccc2c(c1)OCCO2. The second kappa shape index (κ2) is 9.57. The topological polar surface area (TPSA) is 102 Å². The number of rotatable bonds is 7. The Labute approximate surface area is 183 Å². The largest absolute Gasteiger partial charge is 0.486 e. The van der Waals surface area contributed by atoms with Crippen LogP contribution >= 0.6 is 11.3 Å². The van der Waals surface area contributed by atoms with Crippen molar-refractivity contribution in [3.05, 3.63) is 64.1 Å². The van der Waals surface area contributed by atoms with E-state index >= 15 is 0 Å². The average molecular weight is 439 g/mol. The van der Waals surface area contributed by atoms with Gasteiger partial charge in [0.25, 0.3) is 5.91 Å². The third-order valence-electron chi connectivity index (χ3n) is 4.70. The van der Waals surface area contributed by atoms with Crippen LogP contribution in [0.4, 0.5) is 5.69 Å². The highest BCUT2D eigenvalue weighted by atomic mass is 32.1. The van der Waals surface area contributed by atoms with E-state index in [2.05, 4.69) is 20.8 Å². The van der Waals surface area contributed by atoms with Crippen LogP contribution in [0.1, 0.15) is 39.8 Å². The number of hydrogen-bond acceptors (Lipinski definition) is 7. The summed E-state index contributed by atoms with van der Waals surface area (Å²) < 4.78 is 11.1. The zero-order valence-corrected chi connectivity index (χ0v) is 17.8. The molecule has 2 heterocycles. The van der Waals surface area contributed by atoms with Crippen molar-refractivity contribution < 1.29 is 19.1 Å². The minimum absolute atomic E-state index is 0.104. The number of nitrogens with one attached hydrogen (secondary N) is 2. The Balaban J connectivity index is 1.27. The molecule has 3 aromatic rings. The molecule has 4 rings (SSSR count). The van der Waals surface area contributed by atoms with E-state index in [0.29, 0.717) is 36.1 Å². The van der Waals surface area contributed by atoms with Gasteiger partial charge in [-0.2, -0.15) is 0 Å². The second-order valence-corrected chi connectivity index (χ2v) is 8.08. The molecular weight excluding hydrogens is 416 g/mol. The normalized spacial score (nSPS) is 13.3. The highest BCUT2D eigenvalue weighted by Gasteiger charge is 2.17. The van der Waals surface area contributed by atoms with Gasteiger partial charge in [-0.25, -0.2) is 0 Å². The standard InChI is InChI=1S/C22H22N4O4S/c1-14(15-7-8-17-18(13-15)30-12-11-29-17)23-19(27)9-10-20-25-26-22(31-20)21(28)24-16-5-3-2-4-6-16/h2-8,13-14H,9-12H2,1H3,(H,23,27)(H,24,28)/t14-/m0/s1. The molecule has 8 nitrogen and oxygen atoms in total. The zero-order chi connectivity index (χ0) is 21.6. The van der Waals surface area contributed by atoms with E-state index in [1.807, 2.05) is 43.3 Å². The fourth-order valence-electron chi connectivity index (χ4n) is 3.10. The van der Waals surface area contributed by atoms with Crippen LogP contribution in [0, 0.1) is 0 Å². The smallest absolute Gasteiger partial charge is 0.286 e. The number of benzene rings is 2. The summed E-state index contributed by atoms with van der Waals surface area (Å²) in [6, 6.07) is 14.6. The summed E-state index contributed by atoms with van der Waals surface area (Å²) in [5.41, 5.74) is 1.63. The second-order valence-electron chi connectivity index (χ2n) is 7.01. The summed E-state index contributed by atoms with van der Waals surface area (Å²) >= 11 is 1.19. The maximum atomic E-state index is 12.4. The lowest BCUT2D eigenvalue weighted by Crippen LogP contribution is -2.27. The number of nitrogens with zero attached hydrogens (tertiary/aromatic N) is 2. The van der Waals surface area contributed by atoms with Gasteiger partial charge in [0.1, 0.15) is 18.2 Å². The van der Waals surface area contributed by atoms with E-state index in [0.717, 1.165) is 11.3 Å². The molecule has 0 saturated carbocycles. The van der Waals surface area contributed by atoms with Gasteiger partial charge in [0.15, 0.2) is 11.5 Å². The number of hydrogen-bond donors (Lipinski definition) is 2. The predicted octanol–water partition coefficient (Wildman–Crippen LogP) is 3.37. The summed E-state index contributed by atoms with van der Waals surface area (Å²) in [4.78, 5) is 24.6. The zero-order valence-electron chi connectivity index (χ0n) is 17.0. The molecule has 0 aliphatic carbocycles. The highest BCUT2D eigenvalue weighted by molar-refractivity contribution is 7.13. The quantitative estimate of drug-likeness (QED) is 0.586. The molecule has 0 fully saturated rings. The third-order valence-corrected chi connectivity index (χ3v) is 5.68. The van der Waals surface area contributed by atoms with Gasteiger partial charge in [0.2, 0.25) is 10.9 Å². The van der Waals surface area contributed by atoms with Crippen molar-refractivity contribution in [2.75, 3.05) is 18.5 Å². The van der Waals surface area contributed by atoms with Crippen LogP contribution in [0.15, 0.2) is 48.5 Å². The molecule has 0 bridgehead atoms. The summed E-state index contributed by atoms with van der Waals surface area (Å²) in [7, 11) is 0. The van der Waals surface area contributed by atoms with E-state index < -0.39 is 0 Å². The molecule has 2 N–H and O–H groups in total. The van der Waals surface area contributed by atoms with E-state index in [1.54, 1.807) is 12.1 Å². The molecule has 1 atom stereocenters. The molecule has 31 heavy (non-hydrogen) atoms. The number of ether oxygens (including phenoxy) is 2. The summed E-state index contributed by atoms with van der Waals surface area (Å²) in [5.74, 6) is 0.997. The summed E-state index contributed by atoms with van der Waals surface area (Å²) in [6.45, 7) is 2.98. The van der Waals surface area contributed by atoms with Gasteiger partial charge in [-0.1, -0.05) is 35.6 Å². The summed E-state index contributed by atoms with van der Waals surface area (Å²) in [5, 5.41) is 14.6. The average Bonchev–Trinajstić information content (AvgIpc) is 3.27. The molecule has 160 valence electrons. The minimum Gasteiger partial charge on any atom is -0.486 e. The number of aromatic nitrogens is 2. The number of para-hydroxylation sites is 1. The Hall–Kier alpha value is -3.46. The van der Waals surface area contributed by atoms with Crippen LogP contribution in [0.3, 0.4) is 0 Å². The van der Waals surface area contributed by atoms with Crippen molar-refractivity contribution in [3.63, 3.8) is 0 Å². The van der Waals surface area contributed by atoms with Crippen LogP contribution < -0.4 is 20.1 Å². The summed E-state index contributed by atoms with van der Waals surface area (Å²) in [6.07, 6.45) is 0.666. The molecule has 2 amide bonds. The molecule has 1 aromatic heterocycles. The molecule has 0 unspecified atom stereocenters. The van der Waals surface area contributed by atoms with Crippen LogP contribution in [0.5, 0.6) is 11.5 Å². The predicted molar refractivity (Wildman–Crippen MR) is 117 cm³/mol. The van der Waals surface area contributed by atoms with Crippen molar-refractivity contribution in [3.8, 4) is 11.5 Å². The Bertz CT molecular complexity index is 1070. The first kappa shape index (κ1) is 20.8. The molecule has 9 heteroatoms. The van der Waals surface area contributed by atoms with Gasteiger partial charge in [-0.05, 0) is 36.8 Å². The van der Waals surface area contributed by atoms with Crippen LogP contribution in [-0.4, -0.2) is 35.2 Å². The van der Waals surface area contributed by atoms with Gasteiger partial charge < -0.3 is 20.1 Å². The van der Waals surface area contributed by atoms with Gasteiger partial charge in [0.05, 0.1) is 6.04 Å². The van der Waals surface area contributed by atoms with Crippen LogP contribution in [0.2, 0.25) is 0 Å². The molecule has 1 aliphatic rings. The lowest BCUT2D eigenvalue weighted by molar-refractivity contribution is -0.121. The first-order valence-corrected chi connectivity index (χ1v) is 10.8. The van der Waals surface area contributed by atoms with E-state index in [1.165, 1.54) is 11.3 Å². The lowest BCUT2D eigenvalue weighted by Gasteiger charge is -2.21. The number of carbonyl (C=O) groups excluding carboxylic acids is 2. The van der Waals surface area contributed by atoms with Gasteiger partial charge in [-0.3, -0.25) is 9.59 Å². The van der Waals surface area contributed by atoms with E-state index in [-0.39, 0.29) is 29.3 Å². The Morgan fingerprint density at radius 2 is 1.84 bits per heavy atom. The van der Waals surface area contributed by atoms with E-state index in [9.17, 15) is 9.59 Å². The highest BCUT2D eigenvalue weighted by Crippen LogP contribution is 2.32. The van der Waals surface area contributed by atoms with Gasteiger partial charge in [-0.15, -0.1) is 10.2 Å². The maximum Gasteiger partial charge on any atom is 0.286 e. The van der Waals surface area contributed by atoms with Gasteiger partial charge in [0, 0.05) is 18.5 Å². The number of anilines is 1. The monoisotopic (exact) mass is 438 g/mol. The Morgan fingerprint density at radius 3 is 2.65 bits per heavy atom. The molecule has 1 aliphatic heterocycles. The van der Waals surface area contributed by atoms with Crippen LogP contribution in [-0.2, 0) is 11.2 Å². The Kier molecular flexibility index (Phi) is 6.42. The molecular formula is C22H22N4O4S. The fraction of sp³-hybridized carbons (Fsp3) is 0.273. The number of aryl methyl sites for hydroxylation is 1. The van der Waals surface area contributed by atoms with Crippen molar-refractivity contribution in [1.29, 1.82) is 0 Å². The third kappa shape index (κ3) is 5.37. The molecule has 0 radical (unpaired) electrons. The molecule has 2 aromatic carbocycles. The molecule has 0 saturated heterocycles. The van der Waals surface area contributed by atoms with E-state index in [4.69, 9.17) is 9.47 Å². The fourth-order valence-corrected chi connectivity index (χ4v) is 3.83. The molecule has 0 spiro atoms. The first-order chi connectivity index (χ1) is 15.1. The van der Waals surface area contributed by atoms with Crippen molar-refractivity contribution in [2.45, 2.75) is 25.8 Å². The van der Waals surface area contributed by atoms with Crippen molar-refractivity contribution in [2.24, 2.45) is 0 Å². The Morgan fingerprint density at radius 1 is 1.06 bits per heavy atom. The van der Waals surface area contributed by atoms with Crippen molar-refractivity contribution >= 4 is 28.8 Å². The number of fused-ring (bicyclic) bond motifs is 1. The lowest BCUT2D eigenvalue weighted by atomic mass is 10.1. The maximum absolute atomic E-state index is 12.4. The number of amides is 2. The number of carbonyl (C=O) groups is 2. The van der Waals surface area contributed by atoms with Crippen molar-refractivity contribution in [1.82, 2.24) is 15.5 Å². The minimum atomic E-state index is -0.313.